The van der Waals surface area contributed by atoms with E-state index in [0.29, 0.717) is 10.7 Å². The third kappa shape index (κ3) is 3.79. The predicted molar refractivity (Wildman–Crippen MR) is 102 cm³/mol. The standard InChI is InChI=1S/C19H22N4OS/c1-12-7-6-8-14(9-12)23-17(10-16(22-23)19(3,4)5)21-18(24)15-11-20-13(2)25-15/h6-11H,1-5H3,(H,21,24). The molecule has 0 saturated heterocycles. The average Bonchev–Trinajstić information content (AvgIpc) is 3.13. The molecule has 0 aliphatic heterocycles. The first-order chi connectivity index (χ1) is 11.7. The lowest BCUT2D eigenvalue weighted by Gasteiger charge is -2.14. The first-order valence-corrected chi connectivity index (χ1v) is 8.97. The quantitative estimate of drug-likeness (QED) is 0.753. The van der Waals surface area contributed by atoms with E-state index >= 15 is 0 Å². The molecule has 0 bridgehead atoms. The summed E-state index contributed by atoms with van der Waals surface area (Å²) in [6, 6.07) is 10.00. The lowest BCUT2D eigenvalue weighted by Crippen LogP contribution is -2.14. The summed E-state index contributed by atoms with van der Waals surface area (Å²) in [5.74, 6) is 0.492. The van der Waals surface area contributed by atoms with Crippen molar-refractivity contribution < 1.29 is 4.79 Å². The average molecular weight is 354 g/mol. The normalized spacial score (nSPS) is 11.6. The molecule has 0 atom stereocenters. The maximum absolute atomic E-state index is 12.6. The molecule has 0 spiro atoms. The number of nitrogens with one attached hydrogen (secondary N) is 1. The Kier molecular flexibility index (Phi) is 4.47. The van der Waals surface area contributed by atoms with Crippen molar-refractivity contribution in [2.45, 2.75) is 40.0 Å². The number of amides is 1. The summed E-state index contributed by atoms with van der Waals surface area (Å²) in [7, 11) is 0. The van der Waals surface area contributed by atoms with Crippen LogP contribution in [0, 0.1) is 13.8 Å². The lowest BCUT2D eigenvalue weighted by atomic mass is 9.92. The summed E-state index contributed by atoms with van der Waals surface area (Å²) >= 11 is 1.38. The molecule has 0 aliphatic carbocycles. The zero-order valence-corrected chi connectivity index (χ0v) is 15.9. The molecule has 2 heterocycles. The van der Waals surface area contributed by atoms with Crippen LogP contribution in [0.3, 0.4) is 0 Å². The van der Waals surface area contributed by atoms with Crippen LogP contribution in [0.25, 0.3) is 5.69 Å². The number of hydrogen-bond donors (Lipinski definition) is 1. The lowest BCUT2D eigenvalue weighted by molar-refractivity contribution is 0.102. The Morgan fingerprint density at radius 1 is 1.20 bits per heavy atom. The van der Waals surface area contributed by atoms with E-state index in [1.165, 1.54) is 11.3 Å². The van der Waals surface area contributed by atoms with E-state index in [1.54, 1.807) is 10.9 Å². The van der Waals surface area contributed by atoms with Gasteiger partial charge in [-0.1, -0.05) is 32.9 Å². The van der Waals surface area contributed by atoms with Gasteiger partial charge in [0.1, 0.15) is 10.7 Å². The molecule has 1 N–H and O–H groups in total. The number of carbonyl (C=O) groups excluding carboxylic acids is 1. The van der Waals surface area contributed by atoms with Crippen LogP contribution in [0.4, 0.5) is 5.82 Å². The zero-order valence-electron chi connectivity index (χ0n) is 15.1. The fourth-order valence-electron chi connectivity index (χ4n) is 2.44. The van der Waals surface area contributed by atoms with Crippen LogP contribution < -0.4 is 5.32 Å². The minimum atomic E-state index is -0.167. The van der Waals surface area contributed by atoms with Crippen molar-refractivity contribution in [2.75, 3.05) is 5.32 Å². The number of rotatable bonds is 3. The third-order valence-corrected chi connectivity index (χ3v) is 4.72. The van der Waals surface area contributed by atoms with E-state index in [2.05, 4.69) is 31.1 Å². The van der Waals surface area contributed by atoms with Crippen molar-refractivity contribution in [3.63, 3.8) is 0 Å². The fourth-order valence-corrected chi connectivity index (χ4v) is 3.11. The number of aryl methyl sites for hydroxylation is 2. The number of anilines is 1. The summed E-state index contributed by atoms with van der Waals surface area (Å²) in [5, 5.41) is 8.59. The molecule has 1 amide bonds. The van der Waals surface area contributed by atoms with E-state index in [1.807, 2.05) is 44.2 Å². The molecule has 6 heteroatoms. The minimum absolute atomic E-state index is 0.115. The number of aromatic nitrogens is 3. The molecular formula is C19H22N4OS. The number of carbonyl (C=O) groups is 1. The maximum Gasteiger partial charge on any atom is 0.268 e. The zero-order chi connectivity index (χ0) is 18.2. The van der Waals surface area contributed by atoms with Gasteiger partial charge in [0.05, 0.1) is 22.6 Å². The smallest absolute Gasteiger partial charge is 0.268 e. The predicted octanol–water partition coefficient (Wildman–Crippen LogP) is 4.50. The van der Waals surface area contributed by atoms with Crippen LogP contribution in [0.1, 0.15) is 46.7 Å². The Labute approximate surface area is 151 Å². The Morgan fingerprint density at radius 2 is 1.96 bits per heavy atom. The number of hydrogen-bond acceptors (Lipinski definition) is 4. The van der Waals surface area contributed by atoms with Crippen LogP contribution in [0.2, 0.25) is 0 Å². The topological polar surface area (TPSA) is 59.8 Å². The molecule has 5 nitrogen and oxygen atoms in total. The highest BCUT2D eigenvalue weighted by Crippen LogP contribution is 2.27. The van der Waals surface area contributed by atoms with Crippen LogP contribution in [-0.4, -0.2) is 20.7 Å². The van der Waals surface area contributed by atoms with Crippen LogP contribution in [0.5, 0.6) is 0 Å². The van der Waals surface area contributed by atoms with E-state index in [-0.39, 0.29) is 11.3 Å². The van der Waals surface area contributed by atoms with Crippen LogP contribution in [-0.2, 0) is 5.41 Å². The van der Waals surface area contributed by atoms with Crippen LogP contribution >= 0.6 is 11.3 Å². The number of benzene rings is 1. The molecule has 2 aromatic heterocycles. The van der Waals surface area contributed by atoms with Crippen molar-refractivity contribution in [1.82, 2.24) is 14.8 Å². The van der Waals surface area contributed by atoms with Crippen molar-refractivity contribution in [3.05, 3.63) is 57.7 Å². The highest BCUT2D eigenvalue weighted by atomic mass is 32.1. The van der Waals surface area contributed by atoms with Crippen LogP contribution in [0.15, 0.2) is 36.5 Å². The molecule has 0 radical (unpaired) electrons. The van der Waals surface area contributed by atoms with Gasteiger partial charge in [-0.3, -0.25) is 4.79 Å². The third-order valence-electron chi connectivity index (χ3n) is 3.81. The first kappa shape index (κ1) is 17.4. The SMILES string of the molecule is Cc1cccc(-n2nc(C(C)(C)C)cc2NC(=O)c2cnc(C)s2)c1. The van der Waals surface area contributed by atoms with Crippen molar-refractivity contribution in [2.24, 2.45) is 0 Å². The summed E-state index contributed by atoms with van der Waals surface area (Å²) in [6.07, 6.45) is 1.60. The van der Waals surface area contributed by atoms with Crippen molar-refractivity contribution in [1.29, 1.82) is 0 Å². The molecule has 3 rings (SSSR count). The molecular weight excluding hydrogens is 332 g/mol. The molecule has 0 aliphatic rings. The largest absolute Gasteiger partial charge is 0.306 e. The Morgan fingerprint density at radius 3 is 2.56 bits per heavy atom. The van der Waals surface area contributed by atoms with E-state index in [0.717, 1.165) is 22.0 Å². The first-order valence-electron chi connectivity index (χ1n) is 8.15. The fraction of sp³-hybridized carbons (Fsp3) is 0.316. The van der Waals surface area contributed by atoms with Gasteiger partial charge in [-0.15, -0.1) is 11.3 Å². The summed E-state index contributed by atoms with van der Waals surface area (Å²) < 4.78 is 1.79. The molecule has 0 saturated carbocycles. The Hall–Kier alpha value is -2.47. The molecule has 0 unspecified atom stereocenters. The van der Waals surface area contributed by atoms with E-state index in [4.69, 9.17) is 5.10 Å². The summed E-state index contributed by atoms with van der Waals surface area (Å²) in [6.45, 7) is 10.2. The van der Waals surface area contributed by atoms with Crippen molar-refractivity contribution in [3.8, 4) is 5.69 Å². The van der Waals surface area contributed by atoms with Gasteiger partial charge in [-0.2, -0.15) is 5.10 Å². The van der Waals surface area contributed by atoms with Gasteiger partial charge >= 0.3 is 0 Å². The van der Waals surface area contributed by atoms with Gasteiger partial charge in [0.25, 0.3) is 5.91 Å². The van der Waals surface area contributed by atoms with Gasteiger partial charge in [0.15, 0.2) is 0 Å². The van der Waals surface area contributed by atoms with Gasteiger partial charge in [-0.25, -0.2) is 9.67 Å². The molecule has 25 heavy (non-hydrogen) atoms. The van der Waals surface area contributed by atoms with E-state index < -0.39 is 0 Å². The number of nitrogens with zero attached hydrogens (tertiary/aromatic N) is 3. The molecule has 3 aromatic rings. The molecule has 0 fully saturated rings. The second-order valence-electron chi connectivity index (χ2n) is 7.11. The highest BCUT2D eigenvalue weighted by molar-refractivity contribution is 7.13. The van der Waals surface area contributed by atoms with Gasteiger partial charge in [-0.05, 0) is 31.5 Å². The van der Waals surface area contributed by atoms with Crippen molar-refractivity contribution >= 4 is 23.1 Å². The Balaban J connectivity index is 2.02. The van der Waals surface area contributed by atoms with Gasteiger partial charge in [0.2, 0.25) is 0 Å². The second kappa shape index (κ2) is 6.44. The Bertz CT molecular complexity index is 918. The highest BCUT2D eigenvalue weighted by Gasteiger charge is 2.22. The van der Waals surface area contributed by atoms with Gasteiger partial charge < -0.3 is 5.32 Å². The second-order valence-corrected chi connectivity index (χ2v) is 8.35. The summed E-state index contributed by atoms with van der Waals surface area (Å²) in [5.41, 5.74) is 2.87. The number of thiazole rings is 1. The molecule has 1 aromatic carbocycles. The van der Waals surface area contributed by atoms with E-state index in [9.17, 15) is 4.79 Å². The monoisotopic (exact) mass is 354 g/mol. The molecule has 130 valence electrons. The van der Waals surface area contributed by atoms with Gasteiger partial charge in [0, 0.05) is 11.5 Å². The summed E-state index contributed by atoms with van der Waals surface area (Å²) in [4.78, 5) is 17.3. The maximum atomic E-state index is 12.6. The minimum Gasteiger partial charge on any atom is -0.306 e.